The fourth-order valence-corrected chi connectivity index (χ4v) is 2.16. The van der Waals surface area contributed by atoms with Gasteiger partial charge in [-0.1, -0.05) is 0 Å². The molecule has 76 valence electrons. The second-order valence-corrected chi connectivity index (χ2v) is 4.06. The molecule has 0 bridgehead atoms. The standard InChI is InChI=1S/C10H20N3/c1-2-6-12(5-1)9-10-13-7-3-11-4-8-13/h1-10H2/q-1. The van der Waals surface area contributed by atoms with Crippen molar-refractivity contribution < 1.29 is 0 Å². The molecule has 0 atom stereocenters. The lowest BCUT2D eigenvalue weighted by Gasteiger charge is -2.36. The smallest absolute Gasteiger partial charge is 0.0109 e. The van der Waals surface area contributed by atoms with Gasteiger partial charge in [-0.05, 0) is 39.0 Å². The number of rotatable bonds is 3. The molecule has 0 amide bonds. The number of hydrogen-bond donors (Lipinski definition) is 0. The Hall–Kier alpha value is -0.120. The molecule has 0 unspecified atom stereocenters. The lowest BCUT2D eigenvalue weighted by atomic mass is 10.3. The van der Waals surface area contributed by atoms with Crippen molar-refractivity contribution in [3.63, 3.8) is 0 Å². The number of likely N-dealkylation sites (tertiary alicyclic amines) is 1. The molecule has 0 N–H and O–H groups in total. The van der Waals surface area contributed by atoms with Crippen LogP contribution < -0.4 is 0 Å². The number of hydrogen-bond acceptors (Lipinski definition) is 2. The molecule has 0 aromatic heterocycles. The minimum absolute atomic E-state index is 1.06. The van der Waals surface area contributed by atoms with E-state index in [0.29, 0.717) is 0 Å². The molecule has 2 fully saturated rings. The Balaban J connectivity index is 1.60. The van der Waals surface area contributed by atoms with Crippen LogP contribution in [0.5, 0.6) is 0 Å². The van der Waals surface area contributed by atoms with Crippen molar-refractivity contribution in [2.45, 2.75) is 12.8 Å². The third-order valence-corrected chi connectivity index (χ3v) is 3.08. The van der Waals surface area contributed by atoms with Crippen molar-refractivity contribution in [2.75, 3.05) is 52.4 Å². The molecule has 2 aliphatic heterocycles. The fraction of sp³-hybridized carbons (Fsp3) is 1.00. The van der Waals surface area contributed by atoms with E-state index < -0.39 is 0 Å². The van der Waals surface area contributed by atoms with Gasteiger partial charge in [0.15, 0.2) is 0 Å². The third-order valence-electron chi connectivity index (χ3n) is 3.08. The van der Waals surface area contributed by atoms with Crippen LogP contribution >= 0.6 is 0 Å². The van der Waals surface area contributed by atoms with E-state index >= 15 is 0 Å². The van der Waals surface area contributed by atoms with E-state index in [4.69, 9.17) is 0 Å². The van der Waals surface area contributed by atoms with Crippen LogP contribution in [0.15, 0.2) is 0 Å². The average molecular weight is 182 g/mol. The molecule has 0 radical (unpaired) electrons. The van der Waals surface area contributed by atoms with E-state index in [1.807, 2.05) is 0 Å². The SMILES string of the molecule is C1CCN(CCN2CC[N-]CC2)C1. The second kappa shape index (κ2) is 4.94. The van der Waals surface area contributed by atoms with E-state index in [0.717, 1.165) is 13.1 Å². The summed E-state index contributed by atoms with van der Waals surface area (Å²) in [5.41, 5.74) is 0. The summed E-state index contributed by atoms with van der Waals surface area (Å²) in [6.45, 7) is 9.69. The minimum Gasteiger partial charge on any atom is -0.660 e. The quantitative estimate of drug-likeness (QED) is 0.642. The molecule has 3 heteroatoms. The second-order valence-electron chi connectivity index (χ2n) is 4.06. The minimum atomic E-state index is 1.06. The molecule has 2 aliphatic rings. The zero-order chi connectivity index (χ0) is 8.93. The topological polar surface area (TPSA) is 20.6 Å². The van der Waals surface area contributed by atoms with Gasteiger partial charge in [-0.25, -0.2) is 0 Å². The van der Waals surface area contributed by atoms with E-state index in [9.17, 15) is 0 Å². The van der Waals surface area contributed by atoms with Crippen molar-refractivity contribution in [2.24, 2.45) is 0 Å². The summed E-state index contributed by atoms with van der Waals surface area (Å²) in [5, 5.41) is 4.35. The van der Waals surface area contributed by atoms with E-state index in [-0.39, 0.29) is 0 Å². The van der Waals surface area contributed by atoms with Crippen molar-refractivity contribution >= 4 is 0 Å². The average Bonchev–Trinajstić information content (AvgIpc) is 2.69. The van der Waals surface area contributed by atoms with Gasteiger partial charge in [0.25, 0.3) is 0 Å². The summed E-state index contributed by atoms with van der Waals surface area (Å²) >= 11 is 0. The normalized spacial score (nSPS) is 26.8. The Morgan fingerprint density at radius 3 is 1.92 bits per heavy atom. The molecular formula is C10H20N3-. The number of piperazine rings is 1. The summed E-state index contributed by atoms with van der Waals surface area (Å²) in [5.74, 6) is 0. The Morgan fingerprint density at radius 2 is 1.31 bits per heavy atom. The monoisotopic (exact) mass is 182 g/mol. The van der Waals surface area contributed by atoms with E-state index in [2.05, 4.69) is 15.1 Å². The number of nitrogens with zero attached hydrogens (tertiary/aromatic N) is 3. The highest BCUT2D eigenvalue weighted by molar-refractivity contribution is 4.88. The lowest BCUT2D eigenvalue weighted by molar-refractivity contribution is 0.227. The van der Waals surface area contributed by atoms with Gasteiger partial charge in [0, 0.05) is 13.1 Å². The van der Waals surface area contributed by atoms with Crippen LogP contribution in [0.3, 0.4) is 0 Å². The highest BCUT2D eigenvalue weighted by atomic mass is 15.2. The molecule has 0 aromatic rings. The van der Waals surface area contributed by atoms with Crippen LogP contribution in [0.25, 0.3) is 5.32 Å². The molecule has 2 rings (SSSR count). The molecule has 2 heterocycles. The highest BCUT2D eigenvalue weighted by Gasteiger charge is 2.12. The third kappa shape index (κ3) is 2.93. The van der Waals surface area contributed by atoms with Gasteiger partial charge >= 0.3 is 0 Å². The van der Waals surface area contributed by atoms with Crippen LogP contribution in [0, 0.1) is 0 Å². The molecule has 0 aliphatic carbocycles. The predicted molar refractivity (Wildman–Crippen MR) is 55.2 cm³/mol. The summed E-state index contributed by atoms with van der Waals surface area (Å²) in [4.78, 5) is 5.14. The largest absolute Gasteiger partial charge is 0.660 e. The van der Waals surface area contributed by atoms with Gasteiger partial charge in [0.2, 0.25) is 0 Å². The van der Waals surface area contributed by atoms with Crippen LogP contribution in [0.2, 0.25) is 0 Å². The molecule has 0 aromatic carbocycles. The van der Waals surface area contributed by atoms with Gasteiger partial charge in [-0.3, -0.25) is 0 Å². The van der Waals surface area contributed by atoms with Gasteiger partial charge in [0.05, 0.1) is 0 Å². The molecule has 13 heavy (non-hydrogen) atoms. The maximum atomic E-state index is 4.35. The molecule has 3 nitrogen and oxygen atoms in total. The van der Waals surface area contributed by atoms with Crippen LogP contribution in [-0.4, -0.2) is 62.2 Å². The fourth-order valence-electron chi connectivity index (χ4n) is 2.16. The first-order valence-corrected chi connectivity index (χ1v) is 5.53. The summed E-state index contributed by atoms with van der Waals surface area (Å²) < 4.78 is 0. The Bertz CT molecular complexity index is 137. The van der Waals surface area contributed by atoms with Crippen LogP contribution in [0.1, 0.15) is 12.8 Å². The maximum Gasteiger partial charge on any atom is 0.0109 e. The van der Waals surface area contributed by atoms with Gasteiger partial charge < -0.3 is 15.1 Å². The van der Waals surface area contributed by atoms with Crippen LogP contribution in [-0.2, 0) is 0 Å². The van der Waals surface area contributed by atoms with Crippen LogP contribution in [0.4, 0.5) is 0 Å². The van der Waals surface area contributed by atoms with Crippen molar-refractivity contribution in [1.29, 1.82) is 0 Å². The van der Waals surface area contributed by atoms with Crippen molar-refractivity contribution in [3.8, 4) is 0 Å². The van der Waals surface area contributed by atoms with Crippen molar-refractivity contribution in [1.82, 2.24) is 9.80 Å². The van der Waals surface area contributed by atoms with Crippen molar-refractivity contribution in [3.05, 3.63) is 5.32 Å². The first-order valence-electron chi connectivity index (χ1n) is 5.53. The summed E-state index contributed by atoms with van der Waals surface area (Å²) in [6.07, 6.45) is 2.82. The van der Waals surface area contributed by atoms with Gasteiger partial charge in [-0.2, -0.15) is 0 Å². The zero-order valence-corrected chi connectivity index (χ0v) is 8.41. The summed E-state index contributed by atoms with van der Waals surface area (Å²) in [6, 6.07) is 0. The Labute approximate surface area is 81.1 Å². The summed E-state index contributed by atoms with van der Waals surface area (Å²) in [7, 11) is 0. The molecule has 0 spiro atoms. The van der Waals surface area contributed by atoms with E-state index in [1.165, 1.54) is 52.1 Å². The van der Waals surface area contributed by atoms with Gasteiger partial charge in [-0.15, -0.1) is 13.1 Å². The molecule has 2 saturated heterocycles. The molecule has 0 saturated carbocycles. The van der Waals surface area contributed by atoms with Gasteiger partial charge in [0.1, 0.15) is 0 Å². The zero-order valence-electron chi connectivity index (χ0n) is 8.41. The molecular weight excluding hydrogens is 162 g/mol. The Morgan fingerprint density at radius 1 is 0.769 bits per heavy atom. The first-order chi connectivity index (χ1) is 6.45. The van der Waals surface area contributed by atoms with E-state index in [1.54, 1.807) is 0 Å². The Kier molecular flexibility index (Phi) is 3.58. The lowest BCUT2D eigenvalue weighted by Crippen LogP contribution is -2.39. The first kappa shape index (κ1) is 9.44. The highest BCUT2D eigenvalue weighted by Crippen LogP contribution is 2.07. The predicted octanol–water partition coefficient (Wildman–Crippen LogP) is 0.772. The maximum absolute atomic E-state index is 4.35.